The first-order valence-corrected chi connectivity index (χ1v) is 6.11. The van der Waals surface area contributed by atoms with Gasteiger partial charge in [0.2, 0.25) is 0 Å². The van der Waals surface area contributed by atoms with E-state index < -0.39 is 5.60 Å². The number of rotatable bonds is 5. The van der Waals surface area contributed by atoms with Gasteiger partial charge < -0.3 is 9.84 Å². The number of ether oxygens (including phenoxy) is 1. The van der Waals surface area contributed by atoms with Gasteiger partial charge in [0.15, 0.2) is 0 Å². The molecule has 0 radical (unpaired) electrons. The molecule has 0 heterocycles. The van der Waals surface area contributed by atoms with E-state index >= 15 is 0 Å². The molecule has 0 amide bonds. The van der Waals surface area contributed by atoms with E-state index in [1.54, 1.807) is 7.11 Å². The number of aryl methyl sites for hydroxylation is 1. The van der Waals surface area contributed by atoms with E-state index in [1.165, 1.54) is 5.56 Å². The molecule has 1 aromatic rings. The third kappa shape index (κ3) is 4.14. The predicted molar refractivity (Wildman–Crippen MR) is 71.1 cm³/mol. The van der Waals surface area contributed by atoms with Crippen LogP contribution in [-0.4, -0.2) is 17.8 Å². The quantitative estimate of drug-likeness (QED) is 0.849. The summed E-state index contributed by atoms with van der Waals surface area (Å²) >= 11 is 0. The minimum atomic E-state index is -0.788. The van der Waals surface area contributed by atoms with Crippen LogP contribution in [0.1, 0.15) is 44.7 Å². The van der Waals surface area contributed by atoms with E-state index in [-0.39, 0.29) is 5.60 Å². The summed E-state index contributed by atoms with van der Waals surface area (Å²) < 4.78 is 5.38. The van der Waals surface area contributed by atoms with Gasteiger partial charge in [-0.1, -0.05) is 29.8 Å². The second-order valence-corrected chi connectivity index (χ2v) is 5.60. The summed E-state index contributed by atoms with van der Waals surface area (Å²) in [6.07, 6.45) is 1.52. The van der Waals surface area contributed by atoms with Crippen LogP contribution >= 0.6 is 0 Å². The highest BCUT2D eigenvalue weighted by Gasteiger charge is 2.27. The Bertz CT molecular complexity index is 350. The minimum absolute atomic E-state index is 0.186. The van der Waals surface area contributed by atoms with Crippen molar-refractivity contribution in [3.63, 3.8) is 0 Å². The average molecular weight is 236 g/mol. The molecule has 2 nitrogen and oxygen atoms in total. The summed E-state index contributed by atoms with van der Waals surface area (Å²) in [5.74, 6) is 0. The highest BCUT2D eigenvalue weighted by Crippen LogP contribution is 2.29. The van der Waals surface area contributed by atoms with Gasteiger partial charge in [-0.15, -0.1) is 0 Å². The molecule has 2 heteroatoms. The Morgan fingerprint density at radius 1 is 1.06 bits per heavy atom. The monoisotopic (exact) mass is 236 g/mol. The summed E-state index contributed by atoms with van der Waals surface area (Å²) in [6, 6.07) is 8.06. The number of aliphatic hydroxyl groups is 1. The van der Waals surface area contributed by atoms with Gasteiger partial charge in [-0.3, -0.25) is 0 Å². The first-order valence-electron chi connectivity index (χ1n) is 6.11. The van der Waals surface area contributed by atoms with Crippen LogP contribution in [-0.2, 0) is 10.3 Å². The zero-order chi connectivity index (χ0) is 13.1. The lowest BCUT2D eigenvalue weighted by Crippen LogP contribution is -2.29. The fourth-order valence-corrected chi connectivity index (χ4v) is 1.70. The molecular weight excluding hydrogens is 212 g/mol. The van der Waals surface area contributed by atoms with Gasteiger partial charge in [-0.25, -0.2) is 0 Å². The van der Waals surface area contributed by atoms with E-state index in [0.717, 1.165) is 12.0 Å². The zero-order valence-electron chi connectivity index (χ0n) is 11.6. The molecule has 17 heavy (non-hydrogen) atoms. The number of benzene rings is 1. The smallest absolute Gasteiger partial charge is 0.0869 e. The molecule has 1 rings (SSSR count). The van der Waals surface area contributed by atoms with Crippen molar-refractivity contribution in [2.75, 3.05) is 7.11 Å². The normalized spacial score (nSPS) is 15.6. The molecule has 1 aromatic carbocycles. The van der Waals surface area contributed by atoms with Gasteiger partial charge in [0, 0.05) is 7.11 Å². The number of hydrogen-bond acceptors (Lipinski definition) is 2. The highest BCUT2D eigenvalue weighted by molar-refractivity contribution is 5.25. The maximum Gasteiger partial charge on any atom is 0.0869 e. The summed E-state index contributed by atoms with van der Waals surface area (Å²) in [5.41, 5.74) is 1.20. The van der Waals surface area contributed by atoms with Crippen molar-refractivity contribution < 1.29 is 9.84 Å². The Morgan fingerprint density at radius 3 is 2.06 bits per heavy atom. The molecule has 0 spiro atoms. The molecule has 0 fully saturated rings. The van der Waals surface area contributed by atoms with Crippen molar-refractivity contribution in [1.82, 2.24) is 0 Å². The van der Waals surface area contributed by atoms with Crippen LogP contribution in [0.15, 0.2) is 24.3 Å². The summed E-state index contributed by atoms with van der Waals surface area (Å²) in [7, 11) is 1.71. The Labute approximate surface area is 105 Å². The first kappa shape index (κ1) is 14.2. The molecular formula is C15H24O2. The Kier molecular flexibility index (Phi) is 4.34. The second kappa shape index (κ2) is 5.19. The molecule has 0 aromatic heterocycles. The largest absolute Gasteiger partial charge is 0.385 e. The van der Waals surface area contributed by atoms with Crippen molar-refractivity contribution in [2.45, 2.75) is 51.7 Å². The highest BCUT2D eigenvalue weighted by atomic mass is 16.5. The first-order chi connectivity index (χ1) is 7.77. The van der Waals surface area contributed by atoms with Gasteiger partial charge in [-0.2, -0.15) is 0 Å². The molecule has 1 N–H and O–H groups in total. The molecule has 0 saturated carbocycles. The van der Waals surface area contributed by atoms with Crippen LogP contribution in [0.2, 0.25) is 0 Å². The van der Waals surface area contributed by atoms with Crippen LogP contribution in [0.25, 0.3) is 0 Å². The number of hydrogen-bond donors (Lipinski definition) is 1. The fourth-order valence-electron chi connectivity index (χ4n) is 1.70. The molecule has 0 bridgehead atoms. The predicted octanol–water partition coefficient (Wildman–Crippen LogP) is 3.41. The lowest BCUT2D eigenvalue weighted by atomic mass is 9.87. The second-order valence-electron chi connectivity index (χ2n) is 5.60. The minimum Gasteiger partial charge on any atom is -0.385 e. The summed E-state index contributed by atoms with van der Waals surface area (Å²) in [5, 5.41) is 10.5. The molecule has 1 unspecified atom stereocenters. The Hall–Kier alpha value is -0.860. The molecule has 0 aliphatic rings. The van der Waals surface area contributed by atoms with E-state index in [1.807, 2.05) is 52.0 Å². The van der Waals surface area contributed by atoms with Gasteiger partial charge in [-0.05, 0) is 46.1 Å². The lowest BCUT2D eigenvalue weighted by Gasteiger charge is -2.29. The zero-order valence-corrected chi connectivity index (χ0v) is 11.6. The SMILES string of the molecule is COC(C)(C)CCC(C)(O)c1ccc(C)cc1. The summed E-state index contributed by atoms with van der Waals surface area (Å²) in [4.78, 5) is 0. The standard InChI is InChI=1S/C15H24O2/c1-12-6-8-13(9-7-12)15(4,16)11-10-14(2,3)17-5/h6-9,16H,10-11H2,1-5H3. The summed E-state index contributed by atoms with van der Waals surface area (Å²) in [6.45, 7) is 7.99. The molecule has 0 saturated heterocycles. The van der Waals surface area contributed by atoms with Gasteiger partial charge >= 0.3 is 0 Å². The van der Waals surface area contributed by atoms with Crippen LogP contribution in [0.5, 0.6) is 0 Å². The fraction of sp³-hybridized carbons (Fsp3) is 0.600. The van der Waals surface area contributed by atoms with Crippen LogP contribution in [0.4, 0.5) is 0 Å². The molecule has 0 aliphatic carbocycles. The third-order valence-corrected chi connectivity index (χ3v) is 3.44. The van der Waals surface area contributed by atoms with Gasteiger partial charge in [0.05, 0.1) is 11.2 Å². The van der Waals surface area contributed by atoms with Crippen molar-refractivity contribution in [3.8, 4) is 0 Å². The third-order valence-electron chi connectivity index (χ3n) is 3.44. The van der Waals surface area contributed by atoms with Gasteiger partial charge in [0.25, 0.3) is 0 Å². The molecule has 96 valence electrons. The van der Waals surface area contributed by atoms with Crippen LogP contribution in [0.3, 0.4) is 0 Å². The van der Waals surface area contributed by atoms with Crippen LogP contribution in [0, 0.1) is 6.92 Å². The maximum absolute atomic E-state index is 10.5. The molecule has 0 aliphatic heterocycles. The van der Waals surface area contributed by atoms with Crippen molar-refractivity contribution in [2.24, 2.45) is 0 Å². The van der Waals surface area contributed by atoms with Gasteiger partial charge in [0.1, 0.15) is 0 Å². The molecule has 1 atom stereocenters. The van der Waals surface area contributed by atoms with E-state index in [2.05, 4.69) is 0 Å². The van der Waals surface area contributed by atoms with E-state index in [9.17, 15) is 5.11 Å². The average Bonchev–Trinajstić information content (AvgIpc) is 2.27. The lowest BCUT2D eigenvalue weighted by molar-refractivity contribution is -0.0211. The van der Waals surface area contributed by atoms with Crippen LogP contribution < -0.4 is 0 Å². The van der Waals surface area contributed by atoms with E-state index in [4.69, 9.17) is 4.74 Å². The topological polar surface area (TPSA) is 29.5 Å². The number of methoxy groups -OCH3 is 1. The Balaban J connectivity index is 2.71. The van der Waals surface area contributed by atoms with E-state index in [0.29, 0.717) is 6.42 Å². The Morgan fingerprint density at radius 2 is 1.59 bits per heavy atom. The van der Waals surface area contributed by atoms with Crippen molar-refractivity contribution in [1.29, 1.82) is 0 Å². The van der Waals surface area contributed by atoms with Crippen molar-refractivity contribution in [3.05, 3.63) is 35.4 Å². The maximum atomic E-state index is 10.5. The van der Waals surface area contributed by atoms with Crippen molar-refractivity contribution >= 4 is 0 Å².